The Morgan fingerprint density at radius 3 is 2.26 bits per heavy atom. The molecule has 0 radical (unpaired) electrons. The van der Waals surface area contributed by atoms with E-state index in [2.05, 4.69) is 23.8 Å². The molecule has 1 heterocycles. The summed E-state index contributed by atoms with van der Waals surface area (Å²) in [6, 6.07) is 11.9. The lowest BCUT2D eigenvalue weighted by Crippen LogP contribution is -2.28. The third-order valence-electron chi connectivity index (χ3n) is 4.27. The molecule has 0 aliphatic heterocycles. The lowest BCUT2D eigenvalue weighted by Gasteiger charge is -2.19. The van der Waals surface area contributed by atoms with Crippen molar-refractivity contribution in [2.24, 2.45) is 0 Å². The van der Waals surface area contributed by atoms with Gasteiger partial charge in [-0.1, -0.05) is 37.6 Å². The molecule has 27 heavy (non-hydrogen) atoms. The van der Waals surface area contributed by atoms with Crippen molar-refractivity contribution < 1.29 is 17.9 Å². The number of unbranched alkanes of at least 4 members (excludes halogenated alkanes) is 1. The summed E-state index contributed by atoms with van der Waals surface area (Å²) in [5.41, 5.74) is 2.24. The second kappa shape index (κ2) is 10.0. The predicted octanol–water partition coefficient (Wildman–Crippen LogP) is 3.77. The van der Waals surface area contributed by atoms with Gasteiger partial charge in [0.25, 0.3) is 0 Å². The molecular formula is C20H27NO4S2. The van der Waals surface area contributed by atoms with Crippen LogP contribution in [0.4, 0.5) is 0 Å². The summed E-state index contributed by atoms with van der Waals surface area (Å²) in [7, 11) is -2.00. The molecule has 1 aromatic carbocycles. The van der Waals surface area contributed by atoms with Crippen molar-refractivity contribution in [3.05, 3.63) is 57.3 Å². The number of carbonyl (C=O) groups excluding carboxylic acids is 1. The molecule has 0 saturated carbocycles. The standard InChI is InChI=1S/C20H27NO4S2/c1-4-5-6-16-7-9-17(10-8-16)14-21(27(3,23)24)15-19-12-11-18(26-19)13-20(22)25-2/h7-12H,4-6,13-15H2,1-3H3. The van der Waals surface area contributed by atoms with E-state index < -0.39 is 10.0 Å². The molecular weight excluding hydrogens is 382 g/mol. The molecule has 0 saturated heterocycles. The Morgan fingerprint density at radius 2 is 1.67 bits per heavy atom. The van der Waals surface area contributed by atoms with Crippen LogP contribution in [0.1, 0.15) is 40.6 Å². The Kier molecular flexibility index (Phi) is 8.01. The van der Waals surface area contributed by atoms with Gasteiger partial charge in [-0.25, -0.2) is 8.42 Å². The molecule has 7 heteroatoms. The van der Waals surface area contributed by atoms with Gasteiger partial charge in [0.1, 0.15) is 0 Å². The number of aryl methyl sites for hydroxylation is 1. The summed E-state index contributed by atoms with van der Waals surface area (Å²) in [6.45, 7) is 2.79. The van der Waals surface area contributed by atoms with Crippen LogP contribution in [0.2, 0.25) is 0 Å². The summed E-state index contributed by atoms with van der Waals surface area (Å²) >= 11 is 1.44. The van der Waals surface area contributed by atoms with E-state index in [-0.39, 0.29) is 12.4 Å². The molecule has 0 N–H and O–H groups in total. The van der Waals surface area contributed by atoms with E-state index in [1.165, 1.54) is 34.6 Å². The molecule has 2 rings (SSSR count). The van der Waals surface area contributed by atoms with E-state index in [9.17, 15) is 13.2 Å². The number of carbonyl (C=O) groups is 1. The fourth-order valence-electron chi connectivity index (χ4n) is 2.68. The first kappa shape index (κ1) is 21.6. The fraction of sp³-hybridized carbons (Fsp3) is 0.450. The first-order valence-electron chi connectivity index (χ1n) is 8.99. The van der Waals surface area contributed by atoms with Gasteiger partial charge in [-0.3, -0.25) is 4.79 Å². The topological polar surface area (TPSA) is 63.7 Å². The molecule has 0 bridgehead atoms. The second-order valence-electron chi connectivity index (χ2n) is 6.57. The first-order valence-corrected chi connectivity index (χ1v) is 11.7. The highest BCUT2D eigenvalue weighted by molar-refractivity contribution is 7.88. The third-order valence-corrected chi connectivity index (χ3v) is 6.53. The monoisotopic (exact) mass is 409 g/mol. The Balaban J connectivity index is 2.07. The van der Waals surface area contributed by atoms with Gasteiger partial charge in [0.15, 0.2) is 0 Å². The molecule has 2 aromatic rings. The van der Waals surface area contributed by atoms with Gasteiger partial charge in [-0.15, -0.1) is 11.3 Å². The summed E-state index contributed by atoms with van der Waals surface area (Å²) < 4.78 is 30.6. The van der Waals surface area contributed by atoms with Crippen LogP contribution in [0.15, 0.2) is 36.4 Å². The zero-order chi connectivity index (χ0) is 19.9. The molecule has 0 unspecified atom stereocenters. The van der Waals surface area contributed by atoms with E-state index in [0.29, 0.717) is 13.1 Å². The average molecular weight is 410 g/mol. The highest BCUT2D eigenvalue weighted by atomic mass is 32.2. The number of nitrogens with zero attached hydrogens (tertiary/aromatic N) is 1. The van der Waals surface area contributed by atoms with Crippen LogP contribution in [0, 0.1) is 0 Å². The number of ether oxygens (including phenoxy) is 1. The molecule has 0 amide bonds. The van der Waals surface area contributed by atoms with E-state index >= 15 is 0 Å². The van der Waals surface area contributed by atoms with Gasteiger partial charge < -0.3 is 4.74 Å². The maximum atomic E-state index is 12.2. The van der Waals surface area contributed by atoms with Crippen LogP contribution in [-0.4, -0.2) is 32.1 Å². The highest BCUT2D eigenvalue weighted by Crippen LogP contribution is 2.22. The molecule has 1 aromatic heterocycles. The van der Waals surface area contributed by atoms with E-state index in [4.69, 9.17) is 0 Å². The van der Waals surface area contributed by atoms with Gasteiger partial charge in [-0.2, -0.15) is 4.31 Å². The van der Waals surface area contributed by atoms with Gasteiger partial charge >= 0.3 is 5.97 Å². The summed E-state index contributed by atoms with van der Waals surface area (Å²) in [5, 5.41) is 0. The van der Waals surface area contributed by atoms with Crippen LogP contribution in [0.25, 0.3) is 0 Å². The smallest absolute Gasteiger partial charge is 0.310 e. The zero-order valence-corrected chi connectivity index (χ0v) is 17.7. The van der Waals surface area contributed by atoms with Crippen LogP contribution in [0.5, 0.6) is 0 Å². The van der Waals surface area contributed by atoms with Gasteiger partial charge in [0.05, 0.1) is 19.8 Å². The first-order chi connectivity index (χ1) is 12.8. The minimum Gasteiger partial charge on any atom is -0.469 e. The van der Waals surface area contributed by atoms with Crippen LogP contribution in [0.3, 0.4) is 0 Å². The average Bonchev–Trinajstić information content (AvgIpc) is 3.06. The van der Waals surface area contributed by atoms with E-state index in [1.54, 1.807) is 0 Å². The van der Waals surface area contributed by atoms with Gasteiger partial charge in [-0.05, 0) is 36.1 Å². The number of sulfonamides is 1. The summed E-state index contributed by atoms with van der Waals surface area (Å²) in [4.78, 5) is 13.2. The molecule has 0 fully saturated rings. The van der Waals surface area contributed by atoms with Crippen molar-refractivity contribution in [1.82, 2.24) is 4.31 Å². The Hall–Kier alpha value is -1.70. The van der Waals surface area contributed by atoms with Gasteiger partial charge in [0, 0.05) is 22.8 Å². The summed E-state index contributed by atoms with van der Waals surface area (Å²) in [5.74, 6) is -0.300. The fourth-order valence-corrected chi connectivity index (χ4v) is 4.54. The van der Waals surface area contributed by atoms with E-state index in [1.807, 2.05) is 24.3 Å². The number of hydrogen-bond donors (Lipinski definition) is 0. The Bertz CT molecular complexity index is 841. The largest absolute Gasteiger partial charge is 0.469 e. The van der Waals surface area contributed by atoms with Crippen molar-refractivity contribution >= 4 is 27.3 Å². The quantitative estimate of drug-likeness (QED) is 0.561. The molecule has 148 valence electrons. The normalized spacial score (nSPS) is 11.7. The van der Waals surface area contributed by atoms with Crippen molar-refractivity contribution in [2.45, 2.75) is 45.7 Å². The lowest BCUT2D eigenvalue weighted by molar-refractivity contribution is -0.139. The third kappa shape index (κ3) is 7.08. The van der Waals surface area contributed by atoms with Gasteiger partial charge in [0.2, 0.25) is 10.0 Å². The minimum absolute atomic E-state index is 0.208. The van der Waals surface area contributed by atoms with Crippen LogP contribution >= 0.6 is 11.3 Å². The van der Waals surface area contributed by atoms with E-state index in [0.717, 1.165) is 34.6 Å². The second-order valence-corrected chi connectivity index (χ2v) is 9.81. The molecule has 0 atom stereocenters. The number of hydrogen-bond acceptors (Lipinski definition) is 5. The summed E-state index contributed by atoms with van der Waals surface area (Å²) in [6.07, 6.45) is 4.79. The molecule has 0 aliphatic carbocycles. The van der Waals surface area contributed by atoms with Crippen LogP contribution < -0.4 is 0 Å². The Labute approximate surface area is 166 Å². The predicted molar refractivity (Wildman–Crippen MR) is 109 cm³/mol. The maximum absolute atomic E-state index is 12.2. The Morgan fingerprint density at radius 1 is 1.04 bits per heavy atom. The molecule has 5 nitrogen and oxygen atoms in total. The maximum Gasteiger partial charge on any atom is 0.310 e. The SMILES string of the molecule is CCCCc1ccc(CN(Cc2ccc(CC(=O)OC)s2)S(C)(=O)=O)cc1. The number of rotatable bonds is 10. The number of esters is 1. The van der Waals surface area contributed by atoms with Crippen molar-refractivity contribution in [1.29, 1.82) is 0 Å². The number of thiophene rings is 1. The molecule has 0 aliphatic rings. The number of methoxy groups -OCH3 is 1. The van der Waals surface area contributed by atoms with Crippen molar-refractivity contribution in [3.63, 3.8) is 0 Å². The lowest BCUT2D eigenvalue weighted by atomic mass is 10.1. The number of benzene rings is 1. The molecule has 0 spiro atoms. The minimum atomic E-state index is -3.36. The van der Waals surface area contributed by atoms with Crippen LogP contribution in [-0.2, 0) is 45.5 Å². The highest BCUT2D eigenvalue weighted by Gasteiger charge is 2.19. The zero-order valence-electron chi connectivity index (χ0n) is 16.1. The van der Waals surface area contributed by atoms with Crippen molar-refractivity contribution in [3.8, 4) is 0 Å². The van der Waals surface area contributed by atoms with Crippen molar-refractivity contribution in [2.75, 3.05) is 13.4 Å².